The number of halogens is 3. The van der Waals surface area contributed by atoms with Crippen LogP contribution in [-0.2, 0) is 0 Å². The zero-order valence-electron chi connectivity index (χ0n) is 6.56. The monoisotopic (exact) mass is 175 g/mol. The molecular formula is C7H9BF3N. The summed E-state index contributed by atoms with van der Waals surface area (Å²) in [6.07, 6.45) is 1.38. The van der Waals surface area contributed by atoms with E-state index >= 15 is 0 Å². The maximum Gasteiger partial charge on any atom is 0.356 e. The quantitative estimate of drug-likeness (QED) is 0.455. The molecule has 1 saturated heterocycles. The molecule has 0 aromatic carbocycles. The van der Waals surface area contributed by atoms with Crippen molar-refractivity contribution in [2.45, 2.75) is 18.9 Å². The number of hydrogen-bond donors (Lipinski definition) is 0. The smallest absolute Gasteiger partial charge is 0.238 e. The summed E-state index contributed by atoms with van der Waals surface area (Å²) in [6, 6.07) is -3.51. The van der Waals surface area contributed by atoms with E-state index in [1.165, 1.54) is 0 Å². The lowest BCUT2D eigenvalue weighted by molar-refractivity contribution is -0.117. The fourth-order valence-corrected chi connectivity index (χ4v) is 1.25. The van der Waals surface area contributed by atoms with Gasteiger partial charge in [0.15, 0.2) is 5.83 Å². The molecule has 66 valence electrons. The maximum atomic E-state index is 12.9. The van der Waals surface area contributed by atoms with Gasteiger partial charge in [-0.2, -0.15) is 8.78 Å². The van der Waals surface area contributed by atoms with Gasteiger partial charge in [-0.15, -0.1) is 0 Å². The van der Waals surface area contributed by atoms with E-state index in [0.29, 0.717) is 18.8 Å². The summed E-state index contributed by atoms with van der Waals surface area (Å²) in [6.45, 7) is 0.461. The highest BCUT2D eigenvalue weighted by Gasteiger charge is 2.42. The molecule has 2 radical (unpaired) electrons. The van der Waals surface area contributed by atoms with E-state index in [-0.39, 0.29) is 13.1 Å². The van der Waals surface area contributed by atoms with Gasteiger partial charge in [0.25, 0.3) is 0 Å². The van der Waals surface area contributed by atoms with Crippen LogP contribution in [-0.4, -0.2) is 31.9 Å². The molecule has 1 heterocycles. The molecule has 1 rings (SSSR count). The summed E-state index contributed by atoms with van der Waals surface area (Å²) in [4.78, 5) is 0.797. The number of alkyl halides is 2. The van der Waals surface area contributed by atoms with Crippen LogP contribution in [0.25, 0.3) is 0 Å². The molecule has 0 spiro atoms. The summed E-state index contributed by atoms with van der Waals surface area (Å²) in [5, 5.41) is 0. The molecule has 0 aromatic heterocycles. The second-order valence-corrected chi connectivity index (χ2v) is 2.75. The Balaban J connectivity index is 2.69. The molecule has 0 saturated carbocycles. The lowest BCUT2D eigenvalue weighted by Crippen LogP contribution is -2.40. The van der Waals surface area contributed by atoms with Gasteiger partial charge in [-0.1, -0.05) is 5.98 Å². The molecule has 12 heavy (non-hydrogen) atoms. The van der Waals surface area contributed by atoms with Gasteiger partial charge in [0, 0.05) is 13.1 Å². The number of rotatable bonds is 2. The highest BCUT2D eigenvalue weighted by molar-refractivity contribution is 6.17. The van der Waals surface area contributed by atoms with Gasteiger partial charge in [-0.05, 0) is 12.8 Å². The SMILES string of the molecule is [B]/C=C(\F)C(F)(F)N1CCCC1. The highest BCUT2D eigenvalue weighted by atomic mass is 19.3. The van der Waals surface area contributed by atoms with E-state index in [0.717, 1.165) is 4.90 Å². The first kappa shape index (κ1) is 9.64. The van der Waals surface area contributed by atoms with Gasteiger partial charge in [-0.3, -0.25) is 0 Å². The Morgan fingerprint density at radius 3 is 2.25 bits per heavy atom. The van der Waals surface area contributed by atoms with Crippen LogP contribution in [0.1, 0.15) is 12.8 Å². The van der Waals surface area contributed by atoms with Crippen LogP contribution >= 0.6 is 0 Å². The summed E-state index contributed by atoms with van der Waals surface area (Å²) in [5.74, 6) is -1.25. The lowest BCUT2D eigenvalue weighted by Gasteiger charge is -2.25. The highest BCUT2D eigenvalue weighted by Crippen LogP contribution is 2.31. The Morgan fingerprint density at radius 1 is 1.33 bits per heavy atom. The van der Waals surface area contributed by atoms with Crippen LogP contribution < -0.4 is 0 Å². The van der Waals surface area contributed by atoms with Crippen molar-refractivity contribution in [2.75, 3.05) is 13.1 Å². The largest absolute Gasteiger partial charge is 0.356 e. The van der Waals surface area contributed by atoms with E-state index in [9.17, 15) is 13.2 Å². The van der Waals surface area contributed by atoms with Crippen LogP contribution in [0, 0.1) is 0 Å². The van der Waals surface area contributed by atoms with Gasteiger partial charge >= 0.3 is 6.05 Å². The first-order valence-corrected chi connectivity index (χ1v) is 3.80. The molecule has 1 nitrogen and oxygen atoms in total. The molecule has 0 atom stereocenters. The average Bonchev–Trinajstić information content (AvgIpc) is 2.55. The van der Waals surface area contributed by atoms with Crippen LogP contribution in [0.3, 0.4) is 0 Å². The Kier molecular flexibility index (Phi) is 2.83. The predicted octanol–water partition coefficient (Wildman–Crippen LogP) is 1.65. The molecule has 5 heteroatoms. The maximum absolute atomic E-state index is 12.9. The average molecular weight is 175 g/mol. The zero-order chi connectivity index (χ0) is 9.19. The lowest BCUT2D eigenvalue weighted by atomic mass is 10.1. The number of nitrogens with zero attached hydrogens (tertiary/aromatic N) is 1. The number of hydrogen-bond acceptors (Lipinski definition) is 1. The van der Waals surface area contributed by atoms with Gasteiger partial charge in [0.05, 0.1) is 0 Å². The van der Waals surface area contributed by atoms with Crippen molar-refractivity contribution < 1.29 is 13.2 Å². The van der Waals surface area contributed by atoms with Crippen LogP contribution in [0.4, 0.5) is 13.2 Å². The van der Waals surface area contributed by atoms with Gasteiger partial charge in [0.1, 0.15) is 7.85 Å². The molecule has 0 N–H and O–H groups in total. The molecule has 1 fully saturated rings. The summed E-state index contributed by atoms with van der Waals surface area (Å²) < 4.78 is 38.4. The van der Waals surface area contributed by atoms with Crippen molar-refractivity contribution in [3.63, 3.8) is 0 Å². The third kappa shape index (κ3) is 1.66. The molecular weight excluding hydrogens is 166 g/mol. The molecule has 0 amide bonds. The van der Waals surface area contributed by atoms with Crippen molar-refractivity contribution in [3.05, 3.63) is 11.8 Å². The zero-order valence-corrected chi connectivity index (χ0v) is 6.56. The normalized spacial score (nSPS) is 21.8. The van der Waals surface area contributed by atoms with E-state index in [4.69, 9.17) is 0 Å². The van der Waals surface area contributed by atoms with E-state index in [2.05, 4.69) is 7.85 Å². The first-order chi connectivity index (χ1) is 5.59. The molecule has 0 aromatic rings. The second-order valence-electron chi connectivity index (χ2n) is 2.75. The van der Waals surface area contributed by atoms with E-state index < -0.39 is 11.9 Å². The van der Waals surface area contributed by atoms with E-state index in [1.807, 2.05) is 0 Å². The van der Waals surface area contributed by atoms with Crippen molar-refractivity contribution in [3.8, 4) is 0 Å². The Labute approximate surface area is 70.6 Å². The predicted molar refractivity (Wildman–Crippen MR) is 40.7 cm³/mol. The Hall–Kier alpha value is -0.445. The fourth-order valence-electron chi connectivity index (χ4n) is 1.25. The third-order valence-corrected chi connectivity index (χ3v) is 1.94. The Morgan fingerprint density at radius 2 is 1.83 bits per heavy atom. The van der Waals surface area contributed by atoms with Crippen LogP contribution in [0.15, 0.2) is 11.8 Å². The second kappa shape index (κ2) is 3.52. The Bertz CT molecular complexity index is 187. The van der Waals surface area contributed by atoms with Crippen molar-refractivity contribution in [1.82, 2.24) is 4.90 Å². The molecule has 0 unspecified atom stereocenters. The van der Waals surface area contributed by atoms with Gasteiger partial charge in [-0.25, -0.2) is 9.29 Å². The van der Waals surface area contributed by atoms with E-state index in [1.54, 1.807) is 0 Å². The van der Waals surface area contributed by atoms with Crippen molar-refractivity contribution in [2.24, 2.45) is 0 Å². The van der Waals surface area contributed by atoms with Gasteiger partial charge < -0.3 is 0 Å². The molecule has 0 aliphatic carbocycles. The number of likely N-dealkylation sites (tertiary alicyclic amines) is 1. The third-order valence-electron chi connectivity index (χ3n) is 1.94. The topological polar surface area (TPSA) is 3.24 Å². The minimum atomic E-state index is -3.51. The van der Waals surface area contributed by atoms with Crippen LogP contribution in [0.2, 0.25) is 0 Å². The molecule has 0 bridgehead atoms. The molecule has 1 aliphatic heterocycles. The first-order valence-electron chi connectivity index (χ1n) is 3.80. The minimum Gasteiger partial charge on any atom is -0.238 e. The van der Waals surface area contributed by atoms with Gasteiger partial charge in [0.2, 0.25) is 0 Å². The summed E-state index contributed by atoms with van der Waals surface area (Å²) in [7, 11) is 4.68. The fraction of sp³-hybridized carbons (Fsp3) is 0.714. The summed E-state index contributed by atoms with van der Waals surface area (Å²) in [5.41, 5.74) is 0. The van der Waals surface area contributed by atoms with Crippen LogP contribution in [0.5, 0.6) is 0 Å². The molecule has 1 aliphatic rings. The minimum absolute atomic E-state index is 0.230. The van der Waals surface area contributed by atoms with Crippen molar-refractivity contribution in [1.29, 1.82) is 0 Å². The standard InChI is InChI=1S/C7H9BF3N/c8-5-6(9)7(10,11)12-3-1-2-4-12/h5H,1-4H2/b6-5-. The summed E-state index contributed by atoms with van der Waals surface area (Å²) >= 11 is 0. The van der Waals surface area contributed by atoms with Crippen molar-refractivity contribution >= 4 is 7.85 Å².